The molecule has 196 valence electrons. The van der Waals surface area contributed by atoms with Gasteiger partial charge in [0.1, 0.15) is 5.54 Å². The van der Waals surface area contributed by atoms with E-state index in [1.54, 1.807) is 12.1 Å². The Morgan fingerprint density at radius 2 is 1.44 bits per heavy atom. The molecule has 39 heavy (non-hydrogen) atoms. The highest BCUT2D eigenvalue weighted by Gasteiger charge is 2.63. The van der Waals surface area contributed by atoms with Crippen molar-refractivity contribution < 1.29 is 13.2 Å². The summed E-state index contributed by atoms with van der Waals surface area (Å²) in [6.45, 7) is 0. The van der Waals surface area contributed by atoms with Gasteiger partial charge in [0.05, 0.1) is 16.5 Å². The van der Waals surface area contributed by atoms with E-state index in [1.165, 1.54) is 6.07 Å². The Bertz CT molecular complexity index is 1610. The van der Waals surface area contributed by atoms with Crippen LogP contribution in [0.4, 0.5) is 13.2 Å². The van der Waals surface area contributed by atoms with Crippen LogP contribution in [0.1, 0.15) is 48.1 Å². The second-order valence-electron chi connectivity index (χ2n) is 10.8. The molecule has 4 aromatic rings. The van der Waals surface area contributed by atoms with Crippen LogP contribution in [0.5, 0.6) is 0 Å². The maximum atomic E-state index is 15.4. The molecule has 0 spiro atoms. The van der Waals surface area contributed by atoms with E-state index in [4.69, 9.17) is 11.6 Å². The Labute approximate surface area is 230 Å². The lowest BCUT2D eigenvalue weighted by atomic mass is 9.61. The molecule has 1 aliphatic heterocycles. The van der Waals surface area contributed by atoms with Gasteiger partial charge in [0.25, 0.3) is 0 Å². The van der Waals surface area contributed by atoms with Crippen LogP contribution in [0.3, 0.4) is 0 Å². The molecule has 0 bridgehead atoms. The molecular weight excluding hydrogens is 515 g/mol. The Morgan fingerprint density at radius 3 is 2.05 bits per heavy atom. The maximum Gasteiger partial charge on any atom is 0.418 e. The number of nitrogens with zero attached hydrogens (tertiary/aromatic N) is 1. The summed E-state index contributed by atoms with van der Waals surface area (Å²) in [6, 6.07) is 25.0. The fourth-order valence-electron chi connectivity index (χ4n) is 7.71. The third kappa shape index (κ3) is 3.27. The standard InChI is InChI=1S/C34H27ClF3N/c35-26-19-20-28-27(22-26)30(34(36,37)38)31-32(23-12-9-10-13-23)21-11-3-8-18-29(32)33(39(28)31,24-14-4-1-5-15-24)25-16-6-2-7-17-25/h1-8,11,14-23H,9-10,12-13H2. The first-order valence-electron chi connectivity index (χ1n) is 13.5. The lowest BCUT2D eigenvalue weighted by Crippen LogP contribution is -2.40. The van der Waals surface area contributed by atoms with Crippen LogP contribution in [0, 0.1) is 5.92 Å². The highest BCUT2D eigenvalue weighted by Crippen LogP contribution is 2.66. The average molecular weight is 542 g/mol. The molecule has 0 radical (unpaired) electrons. The van der Waals surface area contributed by atoms with Crippen LogP contribution in [0.25, 0.3) is 10.9 Å². The van der Waals surface area contributed by atoms with Crippen LogP contribution >= 0.6 is 11.6 Å². The van der Waals surface area contributed by atoms with Crippen molar-refractivity contribution >= 4 is 22.5 Å². The predicted molar refractivity (Wildman–Crippen MR) is 151 cm³/mol. The summed E-state index contributed by atoms with van der Waals surface area (Å²) in [7, 11) is 0. The zero-order valence-corrected chi connectivity index (χ0v) is 22.0. The number of halogens is 4. The van der Waals surface area contributed by atoms with Crippen molar-refractivity contribution in [2.45, 2.75) is 42.8 Å². The largest absolute Gasteiger partial charge is 0.418 e. The van der Waals surface area contributed by atoms with Crippen LogP contribution in [0.2, 0.25) is 5.02 Å². The fraction of sp³-hybridized carbons (Fsp3) is 0.235. The van der Waals surface area contributed by atoms with E-state index >= 15 is 13.2 Å². The van der Waals surface area contributed by atoms with E-state index in [0.29, 0.717) is 16.2 Å². The number of fused-ring (bicyclic) bond motifs is 5. The van der Waals surface area contributed by atoms with Crippen molar-refractivity contribution in [1.82, 2.24) is 4.57 Å². The van der Waals surface area contributed by atoms with Crippen LogP contribution < -0.4 is 0 Å². The number of alkyl halides is 3. The Balaban J connectivity index is 1.78. The predicted octanol–water partition coefficient (Wildman–Crippen LogP) is 9.60. The van der Waals surface area contributed by atoms with Gasteiger partial charge >= 0.3 is 6.18 Å². The lowest BCUT2D eigenvalue weighted by Gasteiger charge is -2.41. The number of benzene rings is 3. The Kier molecular flexibility index (Phi) is 5.51. The van der Waals surface area contributed by atoms with E-state index in [1.807, 2.05) is 59.2 Å². The van der Waals surface area contributed by atoms with E-state index < -0.39 is 22.7 Å². The first-order valence-corrected chi connectivity index (χ1v) is 13.9. The maximum absolute atomic E-state index is 15.4. The van der Waals surface area contributed by atoms with Crippen molar-refractivity contribution in [3.8, 4) is 0 Å². The molecule has 1 atom stereocenters. The van der Waals surface area contributed by atoms with Crippen molar-refractivity contribution in [2.24, 2.45) is 5.92 Å². The van der Waals surface area contributed by atoms with Gasteiger partial charge in [-0.2, -0.15) is 13.2 Å². The molecule has 0 amide bonds. The fourth-order valence-corrected chi connectivity index (χ4v) is 7.89. The monoisotopic (exact) mass is 541 g/mol. The van der Waals surface area contributed by atoms with Crippen molar-refractivity contribution in [2.75, 3.05) is 0 Å². The normalized spacial score (nSPS) is 22.1. The second kappa shape index (κ2) is 8.76. The smallest absolute Gasteiger partial charge is 0.325 e. The van der Waals surface area contributed by atoms with Gasteiger partial charge in [0.2, 0.25) is 0 Å². The number of rotatable bonds is 3. The summed E-state index contributed by atoms with van der Waals surface area (Å²) in [5.74, 6) is 0.0360. The van der Waals surface area contributed by atoms with E-state index in [2.05, 4.69) is 36.4 Å². The molecule has 0 saturated heterocycles. The van der Waals surface area contributed by atoms with Gasteiger partial charge in [0.15, 0.2) is 0 Å². The zero-order valence-electron chi connectivity index (χ0n) is 21.3. The van der Waals surface area contributed by atoms with Crippen molar-refractivity contribution in [1.29, 1.82) is 0 Å². The molecule has 2 aliphatic carbocycles. The Hall–Kier alpha value is -3.50. The summed E-state index contributed by atoms with van der Waals surface area (Å²) in [6.07, 6.45) is 9.24. The van der Waals surface area contributed by atoms with Crippen LogP contribution in [0.15, 0.2) is 115 Å². The molecular formula is C34H27ClF3N. The highest BCUT2D eigenvalue weighted by atomic mass is 35.5. The number of hydrogen-bond acceptors (Lipinski definition) is 0. The molecule has 1 aromatic heterocycles. The van der Waals surface area contributed by atoms with Crippen LogP contribution in [-0.4, -0.2) is 4.57 Å². The molecule has 5 heteroatoms. The summed E-state index contributed by atoms with van der Waals surface area (Å²) < 4.78 is 48.2. The third-order valence-corrected chi connectivity index (χ3v) is 9.24. The van der Waals surface area contributed by atoms with Gasteiger partial charge in [-0.25, -0.2) is 0 Å². The SMILES string of the molecule is FC(F)(F)c1c2n(c3ccc(Cl)cc13)C(c1ccccc1)(c1ccccc1)C1=CC=CC=CC12C1CCCC1. The summed E-state index contributed by atoms with van der Waals surface area (Å²) in [4.78, 5) is 0. The lowest BCUT2D eigenvalue weighted by molar-refractivity contribution is -0.137. The summed E-state index contributed by atoms with van der Waals surface area (Å²) in [5, 5.41) is 0.453. The minimum absolute atomic E-state index is 0.0360. The molecule has 3 aromatic carbocycles. The van der Waals surface area contributed by atoms with Gasteiger partial charge < -0.3 is 4.57 Å². The van der Waals surface area contributed by atoms with E-state index in [9.17, 15) is 0 Å². The van der Waals surface area contributed by atoms with Crippen molar-refractivity contribution in [3.05, 3.63) is 142 Å². The Morgan fingerprint density at radius 1 is 0.795 bits per heavy atom. The van der Waals surface area contributed by atoms with E-state index in [0.717, 1.165) is 42.4 Å². The first-order chi connectivity index (χ1) is 18.9. The van der Waals surface area contributed by atoms with E-state index in [-0.39, 0.29) is 11.3 Å². The quantitative estimate of drug-likeness (QED) is 0.243. The molecule has 1 nitrogen and oxygen atoms in total. The zero-order chi connectivity index (χ0) is 26.8. The summed E-state index contributed by atoms with van der Waals surface area (Å²) >= 11 is 6.38. The number of hydrogen-bond donors (Lipinski definition) is 0. The topological polar surface area (TPSA) is 4.93 Å². The number of allylic oxidation sites excluding steroid dienone is 6. The van der Waals surface area contributed by atoms with Crippen molar-refractivity contribution in [3.63, 3.8) is 0 Å². The van der Waals surface area contributed by atoms with Gasteiger partial charge in [-0.1, -0.05) is 115 Å². The average Bonchev–Trinajstić information content (AvgIpc) is 3.60. The molecule has 1 saturated carbocycles. The van der Waals surface area contributed by atoms with Gasteiger partial charge in [0, 0.05) is 16.1 Å². The molecule has 0 N–H and O–H groups in total. The van der Waals surface area contributed by atoms with Gasteiger partial charge in [-0.15, -0.1) is 0 Å². The molecule has 7 rings (SSSR count). The molecule has 3 aliphatic rings. The number of aromatic nitrogens is 1. The minimum Gasteiger partial charge on any atom is -0.325 e. The summed E-state index contributed by atoms with van der Waals surface area (Å²) in [5.41, 5.74) is 1.22. The highest BCUT2D eigenvalue weighted by molar-refractivity contribution is 6.31. The third-order valence-electron chi connectivity index (χ3n) is 9.00. The minimum atomic E-state index is -4.57. The molecule has 1 unspecified atom stereocenters. The second-order valence-corrected chi connectivity index (χ2v) is 11.3. The first kappa shape index (κ1) is 24.5. The van der Waals surface area contributed by atoms with Gasteiger partial charge in [-0.05, 0) is 53.7 Å². The molecule has 2 heterocycles. The van der Waals surface area contributed by atoms with Gasteiger partial charge in [-0.3, -0.25) is 0 Å². The van der Waals surface area contributed by atoms with Crippen LogP contribution in [-0.2, 0) is 17.1 Å². The molecule has 1 fully saturated rings.